The number of nitrogen functional groups attached to an aromatic ring is 1. The van der Waals surface area contributed by atoms with E-state index in [4.69, 9.17) is 10.5 Å². The molecule has 1 aliphatic carbocycles. The van der Waals surface area contributed by atoms with Crippen LogP contribution in [0.5, 0.6) is 5.75 Å². The van der Waals surface area contributed by atoms with Crippen molar-refractivity contribution >= 4 is 11.6 Å². The molecule has 1 aromatic rings. The minimum Gasteiger partial charge on any atom is -0.496 e. The second-order valence-electron chi connectivity index (χ2n) is 5.30. The molecule has 4 heteroatoms. The lowest BCUT2D eigenvalue weighted by atomic mass is 9.97. The number of ether oxygens (including phenoxy) is 1. The lowest BCUT2D eigenvalue weighted by molar-refractivity contribution is -0.126. The van der Waals surface area contributed by atoms with Crippen molar-refractivity contribution in [2.75, 3.05) is 12.8 Å². The molecule has 0 bridgehead atoms. The van der Waals surface area contributed by atoms with Crippen LogP contribution in [0.25, 0.3) is 0 Å². The lowest BCUT2D eigenvalue weighted by Gasteiger charge is -2.16. The highest BCUT2D eigenvalue weighted by molar-refractivity contribution is 5.79. The summed E-state index contributed by atoms with van der Waals surface area (Å²) >= 11 is 0. The molecule has 0 radical (unpaired) electrons. The Morgan fingerprint density at radius 2 is 2.26 bits per heavy atom. The predicted molar refractivity (Wildman–Crippen MR) is 75.8 cm³/mol. The normalized spacial score (nSPS) is 22.2. The summed E-state index contributed by atoms with van der Waals surface area (Å²) in [6.07, 6.45) is 3.31. The zero-order valence-corrected chi connectivity index (χ0v) is 11.6. The van der Waals surface area contributed by atoms with Gasteiger partial charge in [0.1, 0.15) is 5.75 Å². The smallest absolute Gasteiger partial charge is 0.223 e. The molecule has 2 unspecified atom stereocenters. The van der Waals surface area contributed by atoms with Gasteiger partial charge >= 0.3 is 0 Å². The van der Waals surface area contributed by atoms with Gasteiger partial charge in [0.05, 0.1) is 7.11 Å². The summed E-state index contributed by atoms with van der Waals surface area (Å²) in [5, 5.41) is 3.00. The molecular weight excluding hydrogens is 240 g/mol. The molecule has 2 rings (SSSR count). The third-order valence-corrected chi connectivity index (χ3v) is 3.96. The van der Waals surface area contributed by atoms with Gasteiger partial charge in [-0.05, 0) is 37.0 Å². The number of carbonyl (C=O) groups is 1. The van der Waals surface area contributed by atoms with Gasteiger partial charge in [-0.2, -0.15) is 0 Å². The first-order valence-electron chi connectivity index (χ1n) is 6.82. The summed E-state index contributed by atoms with van der Waals surface area (Å²) in [7, 11) is 1.62. The number of methoxy groups -OCH3 is 1. The van der Waals surface area contributed by atoms with E-state index in [1.165, 1.54) is 0 Å². The number of amides is 1. The van der Waals surface area contributed by atoms with Crippen LogP contribution in [0.3, 0.4) is 0 Å². The molecule has 0 aliphatic heterocycles. The number of benzene rings is 1. The fourth-order valence-electron chi connectivity index (χ4n) is 2.79. The van der Waals surface area contributed by atoms with Crippen molar-refractivity contribution in [3.63, 3.8) is 0 Å². The lowest BCUT2D eigenvalue weighted by Crippen LogP contribution is -2.31. The van der Waals surface area contributed by atoms with Crippen molar-refractivity contribution in [3.8, 4) is 5.75 Å². The molecule has 4 nitrogen and oxygen atoms in total. The Hall–Kier alpha value is -1.71. The molecule has 2 atom stereocenters. The maximum atomic E-state index is 12.1. The van der Waals surface area contributed by atoms with E-state index in [9.17, 15) is 4.79 Å². The Balaban J connectivity index is 1.98. The highest BCUT2D eigenvalue weighted by Crippen LogP contribution is 2.31. The Morgan fingerprint density at radius 1 is 1.47 bits per heavy atom. The van der Waals surface area contributed by atoms with Gasteiger partial charge in [-0.3, -0.25) is 4.79 Å². The minimum atomic E-state index is 0.148. The van der Waals surface area contributed by atoms with Crippen LogP contribution in [-0.2, 0) is 11.3 Å². The molecule has 1 saturated carbocycles. The molecule has 0 spiro atoms. The third-order valence-electron chi connectivity index (χ3n) is 3.96. The molecule has 1 aliphatic rings. The highest BCUT2D eigenvalue weighted by Gasteiger charge is 2.29. The van der Waals surface area contributed by atoms with E-state index in [0.717, 1.165) is 30.6 Å². The number of nitrogens with one attached hydrogen (secondary N) is 1. The van der Waals surface area contributed by atoms with E-state index in [0.29, 0.717) is 18.2 Å². The van der Waals surface area contributed by atoms with Crippen molar-refractivity contribution in [1.29, 1.82) is 0 Å². The van der Waals surface area contributed by atoms with E-state index < -0.39 is 0 Å². The van der Waals surface area contributed by atoms with Gasteiger partial charge in [-0.25, -0.2) is 0 Å². The van der Waals surface area contributed by atoms with Crippen molar-refractivity contribution < 1.29 is 9.53 Å². The van der Waals surface area contributed by atoms with Crippen molar-refractivity contribution in [2.24, 2.45) is 11.8 Å². The van der Waals surface area contributed by atoms with E-state index in [1.807, 2.05) is 12.1 Å². The summed E-state index contributed by atoms with van der Waals surface area (Å²) in [5.74, 6) is 1.55. The van der Waals surface area contributed by atoms with Gasteiger partial charge < -0.3 is 15.8 Å². The van der Waals surface area contributed by atoms with Crippen LogP contribution in [0.15, 0.2) is 18.2 Å². The molecule has 1 amide bonds. The van der Waals surface area contributed by atoms with Gasteiger partial charge in [0.2, 0.25) is 5.91 Å². The Kier molecular flexibility index (Phi) is 4.30. The van der Waals surface area contributed by atoms with Gasteiger partial charge in [0, 0.05) is 23.7 Å². The zero-order valence-electron chi connectivity index (χ0n) is 11.6. The van der Waals surface area contributed by atoms with Crippen LogP contribution in [0.4, 0.5) is 5.69 Å². The van der Waals surface area contributed by atoms with E-state index in [1.54, 1.807) is 13.2 Å². The summed E-state index contributed by atoms with van der Waals surface area (Å²) in [5.41, 5.74) is 7.36. The van der Waals surface area contributed by atoms with Gasteiger partial charge in [0.15, 0.2) is 0 Å². The Labute approximate surface area is 114 Å². The van der Waals surface area contributed by atoms with E-state index in [2.05, 4.69) is 12.2 Å². The zero-order chi connectivity index (χ0) is 13.8. The molecule has 0 heterocycles. The van der Waals surface area contributed by atoms with Crippen LogP contribution >= 0.6 is 0 Å². The average molecular weight is 262 g/mol. The number of rotatable bonds is 4. The minimum absolute atomic E-state index is 0.148. The number of anilines is 1. The molecular formula is C15H22N2O2. The third kappa shape index (κ3) is 3.19. The summed E-state index contributed by atoms with van der Waals surface area (Å²) in [6, 6.07) is 5.47. The quantitative estimate of drug-likeness (QED) is 0.818. The first-order chi connectivity index (χ1) is 9.11. The first kappa shape index (κ1) is 13.7. The highest BCUT2D eigenvalue weighted by atomic mass is 16.5. The van der Waals surface area contributed by atoms with Crippen LogP contribution in [0.1, 0.15) is 31.7 Å². The molecule has 1 fully saturated rings. The predicted octanol–water partition coefficient (Wildman–Crippen LogP) is 2.33. The molecule has 0 saturated heterocycles. The number of nitrogens with two attached hydrogens (primary N) is 1. The average Bonchev–Trinajstić information content (AvgIpc) is 2.82. The fourth-order valence-corrected chi connectivity index (χ4v) is 2.79. The van der Waals surface area contributed by atoms with Crippen molar-refractivity contribution in [3.05, 3.63) is 23.8 Å². The summed E-state index contributed by atoms with van der Waals surface area (Å²) in [4.78, 5) is 12.1. The van der Waals surface area contributed by atoms with E-state index in [-0.39, 0.29) is 11.8 Å². The van der Waals surface area contributed by atoms with Gasteiger partial charge in [-0.1, -0.05) is 13.3 Å². The SMILES string of the molecule is COc1ccc(N)cc1CNC(=O)C1CCCC1C. The van der Waals surface area contributed by atoms with E-state index >= 15 is 0 Å². The van der Waals surface area contributed by atoms with Crippen molar-refractivity contribution in [2.45, 2.75) is 32.7 Å². The maximum Gasteiger partial charge on any atom is 0.223 e. The topological polar surface area (TPSA) is 64.3 Å². The molecule has 19 heavy (non-hydrogen) atoms. The number of hydrogen-bond donors (Lipinski definition) is 2. The van der Waals surface area contributed by atoms with Gasteiger partial charge in [-0.15, -0.1) is 0 Å². The molecule has 0 aromatic heterocycles. The second-order valence-corrected chi connectivity index (χ2v) is 5.30. The summed E-state index contributed by atoms with van der Waals surface area (Å²) in [6.45, 7) is 2.62. The Morgan fingerprint density at radius 3 is 2.89 bits per heavy atom. The Bertz CT molecular complexity index is 459. The monoisotopic (exact) mass is 262 g/mol. The van der Waals surface area contributed by atoms with Crippen LogP contribution in [0, 0.1) is 11.8 Å². The maximum absolute atomic E-state index is 12.1. The standard InChI is InChI=1S/C15H22N2O2/c1-10-4-3-5-13(10)15(18)17-9-11-8-12(16)6-7-14(11)19-2/h6-8,10,13H,3-5,9,16H2,1-2H3,(H,17,18). The second kappa shape index (κ2) is 5.95. The fraction of sp³-hybridized carbons (Fsp3) is 0.533. The summed E-state index contributed by atoms with van der Waals surface area (Å²) < 4.78 is 5.27. The van der Waals surface area contributed by atoms with Gasteiger partial charge in [0.25, 0.3) is 0 Å². The van der Waals surface area contributed by atoms with Crippen LogP contribution in [0.2, 0.25) is 0 Å². The van der Waals surface area contributed by atoms with Crippen LogP contribution < -0.4 is 15.8 Å². The van der Waals surface area contributed by atoms with Crippen LogP contribution in [-0.4, -0.2) is 13.0 Å². The molecule has 1 aromatic carbocycles. The largest absolute Gasteiger partial charge is 0.496 e. The van der Waals surface area contributed by atoms with Crippen molar-refractivity contribution in [1.82, 2.24) is 5.32 Å². The molecule has 104 valence electrons. The number of hydrogen-bond acceptors (Lipinski definition) is 3. The first-order valence-corrected chi connectivity index (χ1v) is 6.82. The number of carbonyl (C=O) groups excluding carboxylic acids is 1. The molecule has 3 N–H and O–H groups in total.